The van der Waals surface area contributed by atoms with Crippen LogP contribution in [0.2, 0.25) is 0 Å². The number of fused-ring (bicyclic) bond motifs is 12. The van der Waals surface area contributed by atoms with Crippen molar-refractivity contribution in [3.05, 3.63) is 139 Å². The summed E-state index contributed by atoms with van der Waals surface area (Å²) >= 11 is 0. The number of aromatic nitrogens is 5. The first kappa shape index (κ1) is 32.0. The summed E-state index contributed by atoms with van der Waals surface area (Å²) in [6, 6.07) is 47.4. The summed E-state index contributed by atoms with van der Waals surface area (Å²) in [5.74, 6) is 4.27. The Morgan fingerprint density at radius 2 is 1.12 bits per heavy atom. The van der Waals surface area contributed by atoms with Crippen molar-refractivity contribution >= 4 is 65.6 Å². The number of nitrogens with zero attached hydrogens (tertiary/aromatic N) is 5. The van der Waals surface area contributed by atoms with Crippen LogP contribution in [-0.4, -0.2) is 24.1 Å². The molecule has 12 rings (SSSR count). The molecule has 272 valence electrons. The highest BCUT2D eigenvalue weighted by Gasteiger charge is 2.47. The molecule has 10 aromatic rings. The molecule has 2 aliphatic carbocycles. The number of furan rings is 1. The van der Waals surface area contributed by atoms with Crippen LogP contribution in [0.5, 0.6) is 0 Å². The lowest BCUT2D eigenvalue weighted by atomic mass is 9.56. The van der Waals surface area contributed by atoms with E-state index in [0.717, 1.165) is 80.3 Å². The van der Waals surface area contributed by atoms with Gasteiger partial charge in [0, 0.05) is 37.9 Å². The third-order valence-electron chi connectivity index (χ3n) is 13.1. The largest absolute Gasteiger partial charge is 0.456 e. The lowest BCUT2D eigenvalue weighted by Crippen LogP contribution is -2.43. The minimum Gasteiger partial charge on any atom is -0.456 e. The molecule has 2 bridgehead atoms. The van der Waals surface area contributed by atoms with Crippen LogP contribution in [0.1, 0.15) is 51.8 Å². The summed E-state index contributed by atoms with van der Waals surface area (Å²) < 4.78 is 11.2. The van der Waals surface area contributed by atoms with Gasteiger partial charge >= 0.3 is 0 Å². The molecule has 0 amide bonds. The number of hydrogen-bond acceptors (Lipinski definition) is 4. The fourth-order valence-electron chi connectivity index (χ4n) is 11.3. The fraction of sp³-hybridized carbons (Fsp3) is 0.220. The highest BCUT2D eigenvalue weighted by molar-refractivity contribution is 6.24. The van der Waals surface area contributed by atoms with Gasteiger partial charge in [-0.3, -0.25) is 4.57 Å². The minimum atomic E-state index is -0.102. The molecule has 6 aromatic carbocycles. The summed E-state index contributed by atoms with van der Waals surface area (Å²) in [6.45, 7) is 4.87. The van der Waals surface area contributed by atoms with Crippen molar-refractivity contribution in [2.75, 3.05) is 0 Å². The van der Waals surface area contributed by atoms with Crippen LogP contribution in [0, 0.1) is 17.8 Å². The van der Waals surface area contributed by atoms with Crippen molar-refractivity contribution in [1.82, 2.24) is 24.1 Å². The molecule has 0 saturated heterocycles. The maximum absolute atomic E-state index is 6.48. The van der Waals surface area contributed by atoms with E-state index in [1.165, 1.54) is 34.4 Å². The van der Waals surface area contributed by atoms with E-state index in [-0.39, 0.29) is 5.41 Å². The van der Waals surface area contributed by atoms with Crippen molar-refractivity contribution in [3.63, 3.8) is 0 Å². The molecule has 2 unspecified atom stereocenters. The molecule has 0 aliphatic heterocycles. The molecular weight excluding hydrogens is 687 g/mol. The molecule has 2 aliphatic rings. The van der Waals surface area contributed by atoms with E-state index >= 15 is 0 Å². The monoisotopic (exact) mass is 727 g/mol. The molecule has 4 atom stereocenters. The van der Waals surface area contributed by atoms with Crippen LogP contribution < -0.4 is 0 Å². The maximum Gasteiger partial charge on any atom is 0.238 e. The molecule has 6 nitrogen and oxygen atoms in total. The van der Waals surface area contributed by atoms with Crippen LogP contribution >= 0.6 is 0 Å². The third kappa shape index (κ3) is 4.59. The Hall–Kier alpha value is -6.27. The Bertz CT molecular complexity index is 3130. The van der Waals surface area contributed by atoms with Gasteiger partial charge in [-0.25, -0.2) is 4.98 Å². The van der Waals surface area contributed by atoms with E-state index in [1.807, 2.05) is 6.07 Å². The van der Waals surface area contributed by atoms with Gasteiger partial charge in [-0.05, 0) is 98.4 Å². The Morgan fingerprint density at radius 3 is 1.84 bits per heavy atom. The Morgan fingerprint density at radius 1 is 0.536 bits per heavy atom. The average Bonchev–Trinajstić information content (AvgIpc) is 3.88. The number of rotatable bonds is 4. The van der Waals surface area contributed by atoms with Crippen molar-refractivity contribution in [2.24, 2.45) is 17.8 Å². The zero-order valence-corrected chi connectivity index (χ0v) is 31.6. The van der Waals surface area contributed by atoms with Gasteiger partial charge in [0.25, 0.3) is 0 Å². The Labute approximate surface area is 324 Å². The van der Waals surface area contributed by atoms with Crippen molar-refractivity contribution in [2.45, 2.75) is 51.4 Å². The van der Waals surface area contributed by atoms with Gasteiger partial charge in [-0.15, -0.1) is 0 Å². The first-order valence-electron chi connectivity index (χ1n) is 20.2. The Balaban J connectivity index is 1.18. The number of benzene rings is 6. The fourth-order valence-corrected chi connectivity index (χ4v) is 11.3. The first-order valence-corrected chi connectivity index (χ1v) is 20.2. The molecule has 4 aromatic heterocycles. The summed E-state index contributed by atoms with van der Waals surface area (Å²) in [7, 11) is 0. The van der Waals surface area contributed by atoms with Gasteiger partial charge in [0.05, 0.1) is 33.1 Å². The molecular formula is C50H41N5O. The second-order valence-corrected chi connectivity index (χ2v) is 16.9. The standard InChI is InChI=1S/C50H41N5O/c1-30-25-32-26-31(2)28-50(27-30,29-32)48-51-47(52-49(53-48)55-40-19-9-3-13-33(40)34-14-4-10-20-41(34)55)37-16-6-11-21-42(37)54-39-18-8-5-15-35(39)36-23-24-44-45(46(36)54)38-17-7-12-22-43(38)56-44/h3-24,30-32H,25-29H2,1-2H3/t30-,31+,32?,50?. The zero-order chi connectivity index (χ0) is 37.1. The van der Waals surface area contributed by atoms with Crippen molar-refractivity contribution < 1.29 is 4.42 Å². The van der Waals surface area contributed by atoms with E-state index in [9.17, 15) is 0 Å². The molecule has 0 N–H and O–H groups in total. The topological polar surface area (TPSA) is 61.7 Å². The van der Waals surface area contributed by atoms with Gasteiger partial charge in [0.1, 0.15) is 17.0 Å². The summed E-state index contributed by atoms with van der Waals surface area (Å²) in [5, 5.41) is 7.01. The molecule has 4 heterocycles. The van der Waals surface area contributed by atoms with Gasteiger partial charge in [0.15, 0.2) is 5.82 Å². The van der Waals surface area contributed by atoms with Crippen LogP contribution in [0.25, 0.3) is 88.6 Å². The van der Waals surface area contributed by atoms with Gasteiger partial charge in [0.2, 0.25) is 5.95 Å². The second kappa shape index (κ2) is 11.9. The second-order valence-electron chi connectivity index (χ2n) is 16.9. The average molecular weight is 728 g/mol. The van der Waals surface area contributed by atoms with Crippen LogP contribution in [0.3, 0.4) is 0 Å². The highest BCUT2D eigenvalue weighted by atomic mass is 16.3. The van der Waals surface area contributed by atoms with E-state index in [0.29, 0.717) is 29.5 Å². The lowest BCUT2D eigenvalue weighted by Gasteiger charge is -2.49. The molecule has 2 fully saturated rings. The van der Waals surface area contributed by atoms with E-state index in [4.69, 9.17) is 19.4 Å². The Kier molecular flexibility index (Phi) is 6.78. The van der Waals surface area contributed by atoms with Gasteiger partial charge in [-0.1, -0.05) is 98.8 Å². The van der Waals surface area contributed by atoms with Crippen molar-refractivity contribution in [1.29, 1.82) is 0 Å². The third-order valence-corrected chi connectivity index (χ3v) is 13.1. The van der Waals surface area contributed by atoms with Gasteiger partial charge in [-0.2, -0.15) is 9.97 Å². The lowest BCUT2D eigenvalue weighted by molar-refractivity contribution is 0.0719. The predicted octanol–water partition coefficient (Wildman–Crippen LogP) is 12.7. The molecule has 0 radical (unpaired) electrons. The van der Waals surface area contributed by atoms with Crippen molar-refractivity contribution in [3.8, 4) is 23.0 Å². The van der Waals surface area contributed by atoms with E-state index in [1.54, 1.807) is 0 Å². The molecule has 56 heavy (non-hydrogen) atoms. The minimum absolute atomic E-state index is 0.102. The van der Waals surface area contributed by atoms with Crippen LogP contribution in [-0.2, 0) is 5.41 Å². The predicted molar refractivity (Wildman–Crippen MR) is 228 cm³/mol. The summed E-state index contributed by atoms with van der Waals surface area (Å²) in [4.78, 5) is 16.8. The SMILES string of the molecule is C[C@@H]1CC2C[C@H](C)CC(c3nc(-c4ccccc4-n4c5ccccc5c5ccc6oc7ccccc7c6c54)nc(-n4c5ccccc5c5ccccc54)n3)(C2)C1. The summed E-state index contributed by atoms with van der Waals surface area (Å²) in [5.41, 5.74) is 8.14. The molecule has 6 heteroatoms. The molecule has 0 spiro atoms. The quantitative estimate of drug-likeness (QED) is 0.181. The highest BCUT2D eigenvalue weighted by Crippen LogP contribution is 2.53. The normalized spacial score (nSPS) is 21.3. The van der Waals surface area contributed by atoms with Crippen LogP contribution in [0.4, 0.5) is 0 Å². The molecule has 2 saturated carbocycles. The zero-order valence-electron chi connectivity index (χ0n) is 31.6. The summed E-state index contributed by atoms with van der Waals surface area (Å²) in [6.07, 6.45) is 5.92. The van der Waals surface area contributed by atoms with E-state index < -0.39 is 0 Å². The number of para-hydroxylation sites is 5. The first-order chi connectivity index (χ1) is 27.5. The van der Waals surface area contributed by atoms with Gasteiger partial charge < -0.3 is 8.98 Å². The smallest absolute Gasteiger partial charge is 0.238 e. The van der Waals surface area contributed by atoms with E-state index in [2.05, 4.69) is 150 Å². The maximum atomic E-state index is 6.48. The van der Waals surface area contributed by atoms with Crippen LogP contribution in [0.15, 0.2) is 138 Å². The number of hydrogen-bond donors (Lipinski definition) is 0.